The standard InChI is InChI=1S/C11H14Cl2O/c1-7(11(2,3)14)8-4-5-9(12)10(13)6-8/h4-7,14H,1-3H3/t7-/m1/s1. The number of rotatable bonds is 2. The number of hydrogen-bond acceptors (Lipinski definition) is 1. The third-order valence-electron chi connectivity index (χ3n) is 2.50. The second-order valence-corrected chi connectivity index (χ2v) is 4.86. The van der Waals surface area contributed by atoms with Crippen molar-refractivity contribution in [2.75, 3.05) is 0 Å². The van der Waals surface area contributed by atoms with Crippen molar-refractivity contribution in [2.45, 2.75) is 32.3 Å². The summed E-state index contributed by atoms with van der Waals surface area (Å²) in [5.74, 6) is 0.0252. The zero-order valence-electron chi connectivity index (χ0n) is 8.51. The largest absolute Gasteiger partial charge is 0.390 e. The molecular weight excluding hydrogens is 219 g/mol. The molecule has 0 bridgehead atoms. The molecule has 0 aromatic heterocycles. The van der Waals surface area contributed by atoms with Gasteiger partial charge in [0.15, 0.2) is 0 Å². The van der Waals surface area contributed by atoms with E-state index in [1.165, 1.54) is 0 Å². The summed E-state index contributed by atoms with van der Waals surface area (Å²) in [5.41, 5.74) is 0.240. The van der Waals surface area contributed by atoms with Gasteiger partial charge in [-0.15, -0.1) is 0 Å². The number of halogens is 2. The molecule has 0 aliphatic rings. The first-order chi connectivity index (χ1) is 6.32. The van der Waals surface area contributed by atoms with Gasteiger partial charge >= 0.3 is 0 Å². The molecule has 1 aromatic rings. The average molecular weight is 233 g/mol. The molecule has 0 spiro atoms. The lowest BCUT2D eigenvalue weighted by atomic mass is 9.86. The Morgan fingerprint density at radius 1 is 1.21 bits per heavy atom. The van der Waals surface area contributed by atoms with Gasteiger partial charge in [0.25, 0.3) is 0 Å². The maximum absolute atomic E-state index is 9.82. The fourth-order valence-corrected chi connectivity index (χ4v) is 1.50. The van der Waals surface area contributed by atoms with Crippen LogP contribution in [-0.2, 0) is 0 Å². The summed E-state index contributed by atoms with van der Waals surface area (Å²) < 4.78 is 0. The molecule has 1 atom stereocenters. The van der Waals surface area contributed by atoms with E-state index >= 15 is 0 Å². The van der Waals surface area contributed by atoms with Crippen LogP contribution in [0, 0.1) is 0 Å². The summed E-state index contributed by atoms with van der Waals surface area (Å²) in [7, 11) is 0. The van der Waals surface area contributed by atoms with E-state index in [0.717, 1.165) is 5.56 Å². The molecule has 1 nitrogen and oxygen atoms in total. The highest BCUT2D eigenvalue weighted by Gasteiger charge is 2.24. The van der Waals surface area contributed by atoms with Crippen LogP contribution in [0.2, 0.25) is 10.0 Å². The van der Waals surface area contributed by atoms with E-state index < -0.39 is 5.60 Å². The zero-order chi connectivity index (χ0) is 10.9. The van der Waals surface area contributed by atoms with Gasteiger partial charge in [-0.25, -0.2) is 0 Å². The first kappa shape index (κ1) is 11.8. The minimum Gasteiger partial charge on any atom is -0.390 e. The average Bonchev–Trinajstić information content (AvgIpc) is 2.07. The van der Waals surface area contributed by atoms with E-state index in [1.54, 1.807) is 26.0 Å². The molecule has 1 N–H and O–H groups in total. The lowest BCUT2D eigenvalue weighted by molar-refractivity contribution is 0.0559. The Hall–Kier alpha value is -0.240. The van der Waals surface area contributed by atoms with E-state index in [2.05, 4.69) is 0 Å². The minimum absolute atomic E-state index is 0.0252. The van der Waals surface area contributed by atoms with Crippen LogP contribution < -0.4 is 0 Å². The van der Waals surface area contributed by atoms with Crippen LogP contribution in [0.5, 0.6) is 0 Å². The second kappa shape index (κ2) is 4.09. The highest BCUT2D eigenvalue weighted by molar-refractivity contribution is 6.42. The Kier molecular flexibility index (Phi) is 3.46. The molecule has 0 aliphatic heterocycles. The number of aliphatic hydroxyl groups is 1. The van der Waals surface area contributed by atoms with Gasteiger partial charge in [0.2, 0.25) is 0 Å². The van der Waals surface area contributed by atoms with Crippen molar-refractivity contribution in [3.05, 3.63) is 33.8 Å². The van der Waals surface area contributed by atoms with Gasteiger partial charge in [0, 0.05) is 5.92 Å². The first-order valence-corrected chi connectivity index (χ1v) is 5.25. The smallest absolute Gasteiger partial charge is 0.0657 e. The van der Waals surface area contributed by atoms with Crippen LogP contribution in [0.3, 0.4) is 0 Å². The highest BCUT2D eigenvalue weighted by Crippen LogP contribution is 2.31. The summed E-state index contributed by atoms with van der Waals surface area (Å²) in [6.45, 7) is 5.51. The minimum atomic E-state index is -0.753. The lowest BCUT2D eigenvalue weighted by Crippen LogP contribution is -2.26. The second-order valence-electron chi connectivity index (χ2n) is 4.05. The van der Waals surface area contributed by atoms with E-state index in [-0.39, 0.29) is 5.92 Å². The Balaban J connectivity index is 3.03. The van der Waals surface area contributed by atoms with Crippen molar-refractivity contribution >= 4 is 23.2 Å². The molecule has 1 aromatic carbocycles. The van der Waals surface area contributed by atoms with E-state index in [1.807, 2.05) is 13.0 Å². The van der Waals surface area contributed by atoms with E-state index in [0.29, 0.717) is 10.0 Å². The topological polar surface area (TPSA) is 20.2 Å². The summed E-state index contributed by atoms with van der Waals surface area (Å²) in [4.78, 5) is 0. The lowest BCUT2D eigenvalue weighted by Gasteiger charge is -2.26. The third kappa shape index (κ3) is 2.63. The maximum Gasteiger partial charge on any atom is 0.0657 e. The van der Waals surface area contributed by atoms with Gasteiger partial charge < -0.3 is 5.11 Å². The van der Waals surface area contributed by atoms with Crippen molar-refractivity contribution < 1.29 is 5.11 Å². The molecule has 0 fully saturated rings. The molecule has 0 aliphatic carbocycles. The molecule has 78 valence electrons. The van der Waals surface area contributed by atoms with E-state index in [9.17, 15) is 5.11 Å². The molecule has 0 saturated carbocycles. The fraction of sp³-hybridized carbons (Fsp3) is 0.455. The van der Waals surface area contributed by atoms with Gasteiger partial charge in [0.05, 0.1) is 15.6 Å². The predicted octanol–water partition coefficient (Wildman–Crippen LogP) is 3.87. The molecule has 0 saturated heterocycles. The molecule has 14 heavy (non-hydrogen) atoms. The molecule has 0 heterocycles. The van der Waals surface area contributed by atoms with Crippen LogP contribution in [0.25, 0.3) is 0 Å². The molecular formula is C11H14Cl2O. The Labute approximate surface area is 94.7 Å². The van der Waals surface area contributed by atoms with Gasteiger partial charge in [0.1, 0.15) is 0 Å². The van der Waals surface area contributed by atoms with Crippen LogP contribution in [0.15, 0.2) is 18.2 Å². The van der Waals surface area contributed by atoms with Gasteiger partial charge in [-0.3, -0.25) is 0 Å². The number of hydrogen-bond donors (Lipinski definition) is 1. The third-order valence-corrected chi connectivity index (χ3v) is 3.24. The Morgan fingerprint density at radius 2 is 1.79 bits per heavy atom. The fourth-order valence-electron chi connectivity index (χ4n) is 1.19. The van der Waals surface area contributed by atoms with Crippen molar-refractivity contribution in [1.29, 1.82) is 0 Å². The molecule has 1 rings (SSSR count). The van der Waals surface area contributed by atoms with E-state index in [4.69, 9.17) is 23.2 Å². The Bertz CT molecular complexity index is 329. The van der Waals surface area contributed by atoms with Crippen LogP contribution >= 0.6 is 23.2 Å². The quantitative estimate of drug-likeness (QED) is 0.822. The van der Waals surface area contributed by atoms with Gasteiger partial charge in [-0.1, -0.05) is 36.2 Å². The first-order valence-electron chi connectivity index (χ1n) is 4.49. The normalized spacial score (nSPS) is 14.1. The summed E-state index contributed by atoms with van der Waals surface area (Å²) >= 11 is 11.7. The Morgan fingerprint density at radius 3 is 2.21 bits per heavy atom. The van der Waals surface area contributed by atoms with Crippen molar-refractivity contribution in [3.8, 4) is 0 Å². The van der Waals surface area contributed by atoms with Crippen LogP contribution in [-0.4, -0.2) is 10.7 Å². The molecule has 0 amide bonds. The van der Waals surface area contributed by atoms with Crippen molar-refractivity contribution in [3.63, 3.8) is 0 Å². The van der Waals surface area contributed by atoms with Gasteiger partial charge in [-0.05, 0) is 31.5 Å². The maximum atomic E-state index is 9.82. The zero-order valence-corrected chi connectivity index (χ0v) is 10.0. The SMILES string of the molecule is C[C@H](c1ccc(Cl)c(Cl)c1)C(C)(C)O. The summed E-state index contributed by atoms with van der Waals surface area (Å²) in [5, 5.41) is 10.9. The summed E-state index contributed by atoms with van der Waals surface area (Å²) in [6.07, 6.45) is 0. The predicted molar refractivity (Wildman–Crippen MR) is 61.2 cm³/mol. The highest BCUT2D eigenvalue weighted by atomic mass is 35.5. The van der Waals surface area contributed by atoms with Crippen molar-refractivity contribution in [2.24, 2.45) is 0 Å². The number of benzene rings is 1. The van der Waals surface area contributed by atoms with Crippen LogP contribution in [0.1, 0.15) is 32.3 Å². The molecule has 0 radical (unpaired) electrons. The molecule has 3 heteroatoms. The summed E-state index contributed by atoms with van der Waals surface area (Å²) in [6, 6.07) is 5.44. The van der Waals surface area contributed by atoms with Crippen molar-refractivity contribution in [1.82, 2.24) is 0 Å². The van der Waals surface area contributed by atoms with Gasteiger partial charge in [-0.2, -0.15) is 0 Å². The van der Waals surface area contributed by atoms with Crippen LogP contribution in [0.4, 0.5) is 0 Å². The monoisotopic (exact) mass is 232 g/mol. The molecule has 0 unspecified atom stereocenters.